The van der Waals surface area contributed by atoms with Crippen LogP contribution in [0.3, 0.4) is 0 Å². The standard InChI is InChI=1S/C13H18F5NO2.CH4/c1-19-5-3-2-4-10(19)13(20)21-12(9(17)7-15)11(18)8(16)6-14;/h9-10,12H,2-7H2,1H3;1H4/b11-8-;/t9?,10-,12?;/m1./s1. The second-order valence-corrected chi connectivity index (χ2v) is 4.91. The first-order valence-electron chi connectivity index (χ1n) is 6.63. The summed E-state index contributed by atoms with van der Waals surface area (Å²) in [5.74, 6) is -4.80. The van der Waals surface area contributed by atoms with Gasteiger partial charge in [0.2, 0.25) is 0 Å². The fraction of sp³-hybridized carbons (Fsp3) is 0.786. The van der Waals surface area contributed by atoms with Crippen molar-refractivity contribution in [2.45, 2.75) is 45.0 Å². The number of nitrogens with zero attached hydrogens (tertiary/aromatic N) is 1. The van der Waals surface area contributed by atoms with E-state index in [-0.39, 0.29) is 7.43 Å². The molecule has 0 N–H and O–H groups in total. The highest BCUT2D eigenvalue weighted by atomic mass is 19.2. The summed E-state index contributed by atoms with van der Waals surface area (Å²) in [6.07, 6.45) is -2.96. The summed E-state index contributed by atoms with van der Waals surface area (Å²) < 4.78 is 68.7. The molecular weight excluding hydrogens is 309 g/mol. The van der Waals surface area contributed by atoms with Crippen molar-refractivity contribution in [2.24, 2.45) is 0 Å². The third kappa shape index (κ3) is 5.23. The number of likely N-dealkylation sites (tertiary alicyclic amines) is 1. The van der Waals surface area contributed by atoms with Crippen molar-refractivity contribution in [3.05, 3.63) is 11.7 Å². The van der Waals surface area contributed by atoms with Gasteiger partial charge in [-0.15, -0.1) is 0 Å². The van der Waals surface area contributed by atoms with E-state index in [4.69, 9.17) is 0 Å². The van der Waals surface area contributed by atoms with Gasteiger partial charge in [-0.25, -0.2) is 22.0 Å². The molecule has 0 saturated carbocycles. The maximum atomic E-state index is 13.5. The molecule has 22 heavy (non-hydrogen) atoms. The fourth-order valence-corrected chi connectivity index (χ4v) is 2.16. The van der Waals surface area contributed by atoms with Crippen molar-refractivity contribution in [1.82, 2.24) is 4.90 Å². The minimum atomic E-state index is -2.58. The Bertz CT molecular complexity index is 391. The molecule has 1 fully saturated rings. The van der Waals surface area contributed by atoms with Crippen LogP contribution in [0.1, 0.15) is 26.7 Å². The van der Waals surface area contributed by atoms with Gasteiger partial charge in [-0.3, -0.25) is 9.69 Å². The highest BCUT2D eigenvalue weighted by Gasteiger charge is 2.36. The lowest BCUT2D eigenvalue weighted by Gasteiger charge is -2.31. The maximum absolute atomic E-state index is 13.5. The van der Waals surface area contributed by atoms with Crippen LogP contribution < -0.4 is 0 Å². The van der Waals surface area contributed by atoms with Crippen LogP contribution in [0.5, 0.6) is 0 Å². The molecule has 3 nitrogen and oxygen atoms in total. The van der Waals surface area contributed by atoms with Crippen LogP contribution in [-0.2, 0) is 9.53 Å². The van der Waals surface area contributed by atoms with Gasteiger partial charge >= 0.3 is 5.97 Å². The number of carbonyl (C=O) groups is 1. The molecule has 0 spiro atoms. The summed E-state index contributed by atoms with van der Waals surface area (Å²) in [4.78, 5) is 13.5. The predicted molar refractivity (Wildman–Crippen MR) is 73.0 cm³/mol. The Hall–Kier alpha value is -1.18. The van der Waals surface area contributed by atoms with Crippen molar-refractivity contribution < 1.29 is 31.5 Å². The normalized spacial score (nSPS) is 23.1. The van der Waals surface area contributed by atoms with Crippen molar-refractivity contribution in [2.75, 3.05) is 26.9 Å². The molecule has 1 aliphatic heterocycles. The van der Waals surface area contributed by atoms with Crippen LogP contribution in [-0.4, -0.2) is 56.1 Å². The minimum Gasteiger partial charge on any atom is -0.450 e. The summed E-state index contributed by atoms with van der Waals surface area (Å²) in [5, 5.41) is 0. The highest BCUT2D eigenvalue weighted by molar-refractivity contribution is 5.76. The molecule has 1 saturated heterocycles. The van der Waals surface area contributed by atoms with Gasteiger partial charge in [0.05, 0.1) is 0 Å². The summed E-state index contributed by atoms with van der Waals surface area (Å²) in [6, 6.07) is -0.728. The first kappa shape index (κ1) is 20.8. The Kier molecular flexibility index (Phi) is 9.24. The van der Waals surface area contributed by atoms with E-state index >= 15 is 0 Å². The molecule has 0 aromatic heterocycles. The Balaban J connectivity index is 0.00000441. The predicted octanol–water partition coefficient (Wildman–Crippen LogP) is 3.45. The molecule has 0 aliphatic carbocycles. The van der Waals surface area contributed by atoms with Crippen molar-refractivity contribution in [3.8, 4) is 0 Å². The number of halogens is 5. The monoisotopic (exact) mass is 331 g/mol. The first-order chi connectivity index (χ1) is 9.92. The van der Waals surface area contributed by atoms with Gasteiger partial charge in [0.25, 0.3) is 0 Å². The SMILES string of the molecule is C.CN1CCCC[C@@H]1C(=O)OC(/C(F)=C(/F)CF)C(F)CF. The molecule has 8 heteroatoms. The first-order valence-corrected chi connectivity index (χ1v) is 6.63. The van der Waals surface area contributed by atoms with Crippen LogP contribution >= 0.6 is 0 Å². The molecule has 0 aromatic rings. The van der Waals surface area contributed by atoms with E-state index in [2.05, 4.69) is 4.74 Å². The number of carbonyl (C=O) groups excluding carboxylic acids is 1. The van der Waals surface area contributed by atoms with Crippen molar-refractivity contribution >= 4 is 5.97 Å². The van der Waals surface area contributed by atoms with Crippen LogP contribution in [0.2, 0.25) is 0 Å². The van der Waals surface area contributed by atoms with Crippen molar-refractivity contribution in [1.29, 1.82) is 0 Å². The summed E-state index contributed by atoms with van der Waals surface area (Å²) >= 11 is 0. The topological polar surface area (TPSA) is 29.5 Å². The second kappa shape index (κ2) is 9.76. The number of hydrogen-bond donors (Lipinski definition) is 0. The maximum Gasteiger partial charge on any atom is 0.324 e. The minimum absolute atomic E-state index is 0. The molecule has 1 aliphatic rings. The van der Waals surface area contributed by atoms with Gasteiger partial charge in [0.15, 0.2) is 23.9 Å². The van der Waals surface area contributed by atoms with E-state index in [0.717, 1.165) is 12.8 Å². The lowest BCUT2D eigenvalue weighted by molar-refractivity contribution is -0.158. The zero-order valence-corrected chi connectivity index (χ0v) is 11.6. The number of ether oxygens (including phenoxy) is 1. The summed E-state index contributed by atoms with van der Waals surface area (Å²) in [6.45, 7) is -2.89. The lowest BCUT2D eigenvalue weighted by atomic mass is 10.0. The van der Waals surface area contributed by atoms with E-state index in [1.807, 2.05) is 0 Å². The zero-order chi connectivity index (χ0) is 16.0. The second-order valence-electron chi connectivity index (χ2n) is 4.91. The highest BCUT2D eigenvalue weighted by Crippen LogP contribution is 2.24. The van der Waals surface area contributed by atoms with Crippen molar-refractivity contribution in [3.63, 3.8) is 0 Å². The number of alkyl halides is 3. The molecule has 3 atom stereocenters. The molecule has 1 rings (SSSR count). The number of allylic oxidation sites excluding steroid dienone is 1. The molecule has 0 bridgehead atoms. The number of esters is 1. The van der Waals surface area contributed by atoms with Gasteiger partial charge in [0, 0.05) is 0 Å². The average Bonchev–Trinajstić information content (AvgIpc) is 2.50. The lowest BCUT2D eigenvalue weighted by Crippen LogP contribution is -2.45. The van der Waals surface area contributed by atoms with Crippen LogP contribution in [0, 0.1) is 0 Å². The quantitative estimate of drug-likeness (QED) is 0.551. The van der Waals surface area contributed by atoms with E-state index in [1.54, 1.807) is 11.9 Å². The molecule has 0 aromatic carbocycles. The Morgan fingerprint density at radius 1 is 1.32 bits per heavy atom. The van der Waals surface area contributed by atoms with E-state index in [0.29, 0.717) is 13.0 Å². The van der Waals surface area contributed by atoms with Gasteiger partial charge in [-0.1, -0.05) is 13.8 Å². The molecule has 130 valence electrons. The van der Waals surface area contributed by atoms with Gasteiger partial charge in [-0.2, -0.15) is 0 Å². The van der Waals surface area contributed by atoms with E-state index in [1.165, 1.54) is 0 Å². The van der Waals surface area contributed by atoms with Crippen LogP contribution in [0.25, 0.3) is 0 Å². The number of rotatable bonds is 6. The molecule has 1 heterocycles. The number of piperidine rings is 1. The molecular formula is C14H22F5NO2. The Labute approximate surface area is 127 Å². The van der Waals surface area contributed by atoms with Gasteiger partial charge in [0.1, 0.15) is 19.4 Å². The largest absolute Gasteiger partial charge is 0.450 e. The molecule has 2 unspecified atom stereocenters. The fourth-order valence-electron chi connectivity index (χ4n) is 2.16. The average molecular weight is 331 g/mol. The summed E-state index contributed by atoms with van der Waals surface area (Å²) in [7, 11) is 1.64. The Morgan fingerprint density at radius 3 is 2.45 bits per heavy atom. The van der Waals surface area contributed by atoms with Crippen LogP contribution in [0.4, 0.5) is 22.0 Å². The molecule has 0 amide bonds. The Morgan fingerprint density at radius 2 is 1.95 bits per heavy atom. The number of likely N-dealkylation sites (N-methyl/N-ethyl adjacent to an activating group) is 1. The summed E-state index contributed by atoms with van der Waals surface area (Å²) in [5.41, 5.74) is 0. The smallest absolute Gasteiger partial charge is 0.324 e. The van der Waals surface area contributed by atoms with Crippen LogP contribution in [0.15, 0.2) is 11.7 Å². The van der Waals surface area contributed by atoms with Gasteiger partial charge < -0.3 is 4.74 Å². The molecule has 0 radical (unpaired) electrons. The van der Waals surface area contributed by atoms with E-state index < -0.39 is 49.3 Å². The van der Waals surface area contributed by atoms with Gasteiger partial charge in [-0.05, 0) is 26.4 Å². The third-order valence-corrected chi connectivity index (χ3v) is 3.39. The zero-order valence-electron chi connectivity index (χ0n) is 11.6. The van der Waals surface area contributed by atoms with E-state index in [9.17, 15) is 26.7 Å². The number of hydrogen-bond acceptors (Lipinski definition) is 3. The third-order valence-electron chi connectivity index (χ3n) is 3.39.